The van der Waals surface area contributed by atoms with Gasteiger partial charge in [0, 0.05) is 25.0 Å². The summed E-state index contributed by atoms with van der Waals surface area (Å²) >= 11 is 0. The first-order valence-corrected chi connectivity index (χ1v) is 9.29. The molecule has 0 radical (unpaired) electrons. The molecule has 0 aliphatic carbocycles. The molecule has 3 atom stereocenters. The molecule has 2 aromatic carbocycles. The molecule has 1 fully saturated rings. The van der Waals surface area contributed by atoms with Crippen LogP contribution in [-0.4, -0.2) is 32.5 Å². The van der Waals surface area contributed by atoms with Gasteiger partial charge in [0.15, 0.2) is 11.5 Å². The molecule has 6 heteroatoms. The number of ether oxygens (including phenoxy) is 3. The summed E-state index contributed by atoms with van der Waals surface area (Å²) in [6.45, 7) is 1.37. The zero-order valence-corrected chi connectivity index (χ0v) is 16.3. The van der Waals surface area contributed by atoms with Crippen LogP contribution in [0.25, 0.3) is 0 Å². The van der Waals surface area contributed by atoms with Crippen molar-refractivity contribution < 1.29 is 28.1 Å². The molecule has 152 valence electrons. The molecular weight excluding hydrogens is 366 g/mol. The second-order valence-electron chi connectivity index (χ2n) is 7.26. The minimum atomic E-state index is -2.85. The fourth-order valence-corrected chi connectivity index (χ4v) is 3.79. The zero-order valence-electron chi connectivity index (χ0n) is 16.3. The minimum absolute atomic E-state index is 0.000773. The van der Waals surface area contributed by atoms with E-state index in [1.54, 1.807) is 26.4 Å². The highest BCUT2D eigenvalue weighted by molar-refractivity contribution is 5.44. The Morgan fingerprint density at radius 1 is 1.07 bits per heavy atom. The lowest BCUT2D eigenvalue weighted by molar-refractivity contribution is 0.0174. The average Bonchev–Trinajstić information content (AvgIpc) is 3.09. The molecule has 28 heavy (non-hydrogen) atoms. The predicted octanol–water partition coefficient (Wildman–Crippen LogP) is 4.35. The van der Waals surface area contributed by atoms with E-state index >= 15 is 0 Å². The van der Waals surface area contributed by atoms with Crippen LogP contribution >= 0.6 is 0 Å². The van der Waals surface area contributed by atoms with Gasteiger partial charge in [0.1, 0.15) is 0 Å². The lowest BCUT2D eigenvalue weighted by Crippen LogP contribution is -2.21. The summed E-state index contributed by atoms with van der Waals surface area (Å²) in [5, 5.41) is 9.99. The maximum atomic E-state index is 13.4. The molecule has 0 spiro atoms. The molecule has 1 N–H and O–H groups in total. The van der Waals surface area contributed by atoms with Crippen LogP contribution in [0.2, 0.25) is 0 Å². The molecule has 0 amide bonds. The fourth-order valence-electron chi connectivity index (χ4n) is 3.79. The Morgan fingerprint density at radius 3 is 2.32 bits per heavy atom. The second kappa shape index (κ2) is 8.45. The van der Waals surface area contributed by atoms with Gasteiger partial charge in [-0.25, -0.2) is 8.78 Å². The van der Waals surface area contributed by atoms with E-state index in [4.69, 9.17) is 14.2 Å². The van der Waals surface area contributed by atoms with Gasteiger partial charge in [-0.15, -0.1) is 0 Å². The van der Waals surface area contributed by atoms with Gasteiger partial charge in [-0.05, 0) is 35.6 Å². The van der Waals surface area contributed by atoms with Crippen molar-refractivity contribution in [3.8, 4) is 11.5 Å². The number of halogens is 2. The first-order chi connectivity index (χ1) is 13.4. The van der Waals surface area contributed by atoms with Crippen LogP contribution in [0.1, 0.15) is 29.7 Å². The van der Waals surface area contributed by atoms with Crippen LogP contribution in [0.5, 0.6) is 11.5 Å². The molecule has 4 nitrogen and oxygen atoms in total. The Morgan fingerprint density at radius 2 is 1.75 bits per heavy atom. The molecule has 0 unspecified atom stereocenters. The number of benzene rings is 2. The monoisotopic (exact) mass is 392 g/mol. The fraction of sp³-hybridized carbons (Fsp3) is 0.455. The van der Waals surface area contributed by atoms with Crippen molar-refractivity contribution in [1.82, 2.24) is 0 Å². The molecular formula is C22H26F2O4. The van der Waals surface area contributed by atoms with Gasteiger partial charge in [0.05, 0.1) is 26.9 Å². The van der Waals surface area contributed by atoms with Crippen LogP contribution in [0.4, 0.5) is 8.78 Å². The van der Waals surface area contributed by atoms with Crippen molar-refractivity contribution in [2.45, 2.75) is 25.4 Å². The van der Waals surface area contributed by atoms with Gasteiger partial charge in [-0.2, -0.15) is 0 Å². The van der Waals surface area contributed by atoms with E-state index in [1.807, 2.05) is 18.2 Å². The largest absolute Gasteiger partial charge is 0.493 e. The zero-order chi connectivity index (χ0) is 20.3. The quantitative estimate of drug-likeness (QED) is 0.761. The van der Waals surface area contributed by atoms with Gasteiger partial charge in [0.2, 0.25) is 0 Å². The second-order valence-corrected chi connectivity index (χ2v) is 7.26. The van der Waals surface area contributed by atoms with Crippen LogP contribution in [0.15, 0.2) is 42.5 Å². The van der Waals surface area contributed by atoms with Gasteiger partial charge < -0.3 is 19.3 Å². The first-order valence-electron chi connectivity index (χ1n) is 9.29. The van der Waals surface area contributed by atoms with Crippen LogP contribution < -0.4 is 9.47 Å². The Labute approximate surface area is 164 Å². The summed E-state index contributed by atoms with van der Waals surface area (Å²) in [5.41, 5.74) is 1.87. The molecule has 0 saturated carbocycles. The SMILES string of the molecule is COc1ccc([C@H]2OC[C@H](Cc3ccc(C(C)(F)F)cc3)[C@@H]2CO)cc1OC. The number of alkyl halides is 2. The number of aliphatic hydroxyl groups excluding tert-OH is 1. The lowest BCUT2D eigenvalue weighted by atomic mass is 9.84. The number of methoxy groups -OCH3 is 2. The van der Waals surface area contributed by atoms with Crippen molar-refractivity contribution >= 4 is 0 Å². The summed E-state index contributed by atoms with van der Waals surface area (Å²) in [4.78, 5) is 0. The Kier molecular flexibility index (Phi) is 6.20. The molecule has 1 aliphatic heterocycles. The third-order valence-electron chi connectivity index (χ3n) is 5.39. The van der Waals surface area contributed by atoms with Crippen LogP contribution in [-0.2, 0) is 17.1 Å². The van der Waals surface area contributed by atoms with E-state index in [-0.39, 0.29) is 30.1 Å². The highest BCUT2D eigenvalue weighted by Gasteiger charge is 2.38. The Bertz CT molecular complexity index is 786. The van der Waals surface area contributed by atoms with E-state index < -0.39 is 5.92 Å². The van der Waals surface area contributed by atoms with Gasteiger partial charge in [-0.1, -0.05) is 30.3 Å². The molecule has 1 saturated heterocycles. The highest BCUT2D eigenvalue weighted by atomic mass is 19.3. The molecule has 0 bridgehead atoms. The third kappa shape index (κ3) is 4.28. The van der Waals surface area contributed by atoms with E-state index in [1.165, 1.54) is 12.1 Å². The topological polar surface area (TPSA) is 47.9 Å². The summed E-state index contributed by atoms with van der Waals surface area (Å²) in [7, 11) is 3.16. The van der Waals surface area contributed by atoms with Crippen molar-refractivity contribution in [2.24, 2.45) is 11.8 Å². The normalized spacial score (nSPS) is 22.3. The summed E-state index contributed by atoms with van der Waals surface area (Å²) < 4.78 is 43.4. The van der Waals surface area contributed by atoms with Crippen LogP contribution in [0, 0.1) is 11.8 Å². The lowest BCUT2D eigenvalue weighted by Gasteiger charge is -2.22. The van der Waals surface area contributed by atoms with E-state index in [2.05, 4.69) is 0 Å². The maximum Gasteiger partial charge on any atom is 0.270 e. The predicted molar refractivity (Wildman–Crippen MR) is 102 cm³/mol. The number of hydrogen-bond acceptors (Lipinski definition) is 4. The molecule has 0 aromatic heterocycles. The van der Waals surface area contributed by atoms with E-state index in [0.717, 1.165) is 18.1 Å². The van der Waals surface area contributed by atoms with Crippen molar-refractivity contribution in [1.29, 1.82) is 0 Å². The van der Waals surface area contributed by atoms with E-state index in [0.29, 0.717) is 24.5 Å². The third-order valence-corrected chi connectivity index (χ3v) is 5.39. The van der Waals surface area contributed by atoms with Gasteiger partial charge in [-0.3, -0.25) is 0 Å². The number of hydrogen-bond donors (Lipinski definition) is 1. The Hall–Kier alpha value is -2.18. The summed E-state index contributed by atoms with van der Waals surface area (Å²) in [5.74, 6) is -1.60. The smallest absolute Gasteiger partial charge is 0.270 e. The maximum absolute atomic E-state index is 13.4. The van der Waals surface area contributed by atoms with Gasteiger partial charge >= 0.3 is 0 Å². The van der Waals surface area contributed by atoms with Crippen LogP contribution in [0.3, 0.4) is 0 Å². The molecule has 1 heterocycles. The molecule has 2 aromatic rings. The average molecular weight is 392 g/mol. The Balaban J connectivity index is 1.75. The van der Waals surface area contributed by atoms with Crippen molar-refractivity contribution in [2.75, 3.05) is 27.4 Å². The highest BCUT2D eigenvalue weighted by Crippen LogP contribution is 2.42. The van der Waals surface area contributed by atoms with Crippen molar-refractivity contribution in [3.05, 3.63) is 59.2 Å². The van der Waals surface area contributed by atoms with Gasteiger partial charge in [0.25, 0.3) is 5.92 Å². The summed E-state index contributed by atoms with van der Waals surface area (Å²) in [6, 6.07) is 12.0. The van der Waals surface area contributed by atoms with E-state index in [9.17, 15) is 13.9 Å². The molecule has 1 aliphatic rings. The summed E-state index contributed by atoms with van der Waals surface area (Å²) in [6.07, 6.45) is 0.402. The molecule has 3 rings (SSSR count). The number of aliphatic hydroxyl groups is 1. The minimum Gasteiger partial charge on any atom is -0.493 e. The standard InChI is InChI=1S/C22H26F2O4/c1-22(23,24)17-7-4-14(5-8-17)10-16-13-28-21(18(16)12-25)15-6-9-19(26-2)20(11-15)27-3/h4-9,11,16,18,21,25H,10,12-13H2,1-3H3/t16-,18-,21+/m0/s1. The first kappa shape index (κ1) is 20.6. The van der Waals surface area contributed by atoms with Crippen molar-refractivity contribution in [3.63, 3.8) is 0 Å². The number of rotatable bonds is 7.